The third-order valence-corrected chi connectivity index (χ3v) is 3.98. The third-order valence-electron chi connectivity index (χ3n) is 3.98. The van der Waals surface area contributed by atoms with Crippen LogP contribution in [-0.4, -0.2) is 43.1 Å². The first-order valence-corrected chi connectivity index (χ1v) is 7.18. The van der Waals surface area contributed by atoms with E-state index in [-0.39, 0.29) is 39.1 Å². The van der Waals surface area contributed by atoms with Gasteiger partial charge in [-0.1, -0.05) is 35.6 Å². The maximum absolute atomic E-state index is 11.7. The molecule has 0 aliphatic rings. The van der Waals surface area contributed by atoms with Crippen molar-refractivity contribution in [3.8, 4) is 0 Å². The normalized spacial score (nSPS) is 11.4. The van der Waals surface area contributed by atoms with Gasteiger partial charge in [0, 0.05) is 5.92 Å². The Hall–Kier alpha value is -0.280. The lowest BCUT2D eigenvalue weighted by atomic mass is 10.1. The summed E-state index contributed by atoms with van der Waals surface area (Å²) >= 11 is 0. The number of hydrogen-bond acceptors (Lipinski definition) is 1. The van der Waals surface area contributed by atoms with Crippen molar-refractivity contribution in [3.05, 3.63) is 0 Å². The predicted molar refractivity (Wildman–Crippen MR) is 87.3 cm³/mol. The van der Waals surface area contributed by atoms with E-state index in [1.165, 1.54) is 13.0 Å². The lowest BCUT2D eigenvalue weighted by Crippen LogP contribution is -3.00. The number of likely N-dealkylation sites (N-methyl/N-ethyl adjacent to an activating group) is 1. The van der Waals surface area contributed by atoms with E-state index in [0.29, 0.717) is 0 Å². The number of nitrogens with one attached hydrogen (secondary N) is 1. The lowest BCUT2D eigenvalue weighted by Gasteiger charge is -2.36. The molecular weight excluding hydrogens is 272 g/mol. The van der Waals surface area contributed by atoms with Crippen LogP contribution in [0.5, 0.6) is 0 Å². The van der Waals surface area contributed by atoms with Gasteiger partial charge in [0.1, 0.15) is 0 Å². The molecule has 4 heteroatoms. The summed E-state index contributed by atoms with van der Waals surface area (Å²) in [4.78, 5) is 11.7. The zero-order valence-electron chi connectivity index (χ0n) is 12.8. The van der Waals surface area contributed by atoms with Gasteiger partial charge in [-0.15, -0.1) is 0 Å². The molecule has 0 bridgehead atoms. The van der Waals surface area contributed by atoms with Crippen molar-refractivity contribution in [3.63, 3.8) is 0 Å². The molecule has 126 valence electrons. The van der Waals surface area contributed by atoms with Crippen molar-refractivity contribution >= 4 is 5.91 Å². The molecule has 0 aromatic rings. The minimum atomic E-state index is 0. The molecule has 0 aromatic heterocycles. The number of halogens is 1. The highest BCUT2D eigenvalue weighted by molar-refractivity contribution is 5.78. The van der Waals surface area contributed by atoms with Crippen LogP contribution in [0, 0.1) is 5.92 Å². The summed E-state index contributed by atoms with van der Waals surface area (Å²) in [6.45, 7) is 16.2. The van der Waals surface area contributed by atoms with Gasteiger partial charge in [-0.2, -0.15) is 0 Å². The van der Waals surface area contributed by atoms with E-state index in [9.17, 15) is 4.79 Å². The molecule has 0 radical (unpaired) electrons. The summed E-state index contributed by atoms with van der Waals surface area (Å²) in [6, 6.07) is 0. The van der Waals surface area contributed by atoms with Gasteiger partial charge in [0.2, 0.25) is 5.91 Å². The smallest absolute Gasteiger partial charge is 0.223 e. The summed E-state index contributed by atoms with van der Waals surface area (Å²) in [5.41, 5.74) is 0. The van der Waals surface area contributed by atoms with Crippen molar-refractivity contribution in [2.24, 2.45) is 5.92 Å². The monoisotopic (exact) mass is 310 g/mol. The topological polar surface area (TPSA) is 29.1 Å². The molecule has 1 amide bonds. The van der Waals surface area contributed by atoms with Crippen LogP contribution < -0.4 is 17.7 Å². The summed E-state index contributed by atoms with van der Waals surface area (Å²) in [6.07, 6.45) is 2.13. The first-order chi connectivity index (χ1) is 8.05. The van der Waals surface area contributed by atoms with Crippen molar-refractivity contribution in [2.75, 3.05) is 32.7 Å². The van der Waals surface area contributed by atoms with Gasteiger partial charge < -0.3 is 22.2 Å². The first-order valence-electron chi connectivity index (χ1n) is 7.18. The molecule has 1 unspecified atom stereocenters. The summed E-state index contributed by atoms with van der Waals surface area (Å²) < 4.78 is 1.12. The van der Waals surface area contributed by atoms with Crippen molar-refractivity contribution in [1.29, 1.82) is 0 Å². The Balaban J connectivity index is -0.000000427. The first kappa shape index (κ1) is 28.0. The maximum Gasteiger partial charge on any atom is 0.223 e. The molecule has 1 N–H and O–H groups in total. The van der Waals surface area contributed by atoms with Gasteiger partial charge in [-0.25, -0.2) is 0 Å². The highest BCUT2D eigenvalue weighted by Crippen LogP contribution is 2.07. The molecule has 0 spiro atoms. The molecule has 0 aliphatic heterocycles. The molecule has 0 saturated carbocycles. The average molecular weight is 311 g/mol. The van der Waals surface area contributed by atoms with Gasteiger partial charge in [0.25, 0.3) is 0 Å². The number of nitrogens with zero attached hydrogens (tertiary/aromatic N) is 1. The fraction of sp³-hybridized carbons (Fsp3) is 0.938. The van der Waals surface area contributed by atoms with Gasteiger partial charge in [0.15, 0.2) is 0 Å². The van der Waals surface area contributed by atoms with Crippen molar-refractivity contribution in [2.45, 2.75) is 62.3 Å². The number of quaternary nitrogens is 1. The fourth-order valence-electron chi connectivity index (χ4n) is 2.22. The zero-order chi connectivity index (χ0) is 13.3. The van der Waals surface area contributed by atoms with E-state index in [0.717, 1.165) is 37.1 Å². The van der Waals surface area contributed by atoms with Gasteiger partial charge in [-0.05, 0) is 26.7 Å². The summed E-state index contributed by atoms with van der Waals surface area (Å²) in [5, 5.41) is 3.06. The van der Waals surface area contributed by atoms with E-state index in [2.05, 4.69) is 33.0 Å². The van der Waals surface area contributed by atoms with Crippen LogP contribution in [0.4, 0.5) is 0 Å². The van der Waals surface area contributed by atoms with Crippen molar-refractivity contribution in [1.82, 2.24) is 5.32 Å². The maximum atomic E-state index is 11.7. The van der Waals surface area contributed by atoms with E-state index in [1.807, 2.05) is 6.92 Å². The molecule has 0 rings (SSSR count). The molecule has 0 aromatic carbocycles. The van der Waals surface area contributed by atoms with Crippen molar-refractivity contribution < 1.29 is 21.7 Å². The second-order valence-electron chi connectivity index (χ2n) is 5.02. The average Bonchev–Trinajstić information content (AvgIpc) is 2.36. The molecule has 20 heavy (non-hydrogen) atoms. The molecule has 3 nitrogen and oxygen atoms in total. The Labute approximate surface area is 134 Å². The largest absolute Gasteiger partial charge is 1.00 e. The van der Waals surface area contributed by atoms with E-state index in [4.69, 9.17) is 0 Å². The second-order valence-corrected chi connectivity index (χ2v) is 5.02. The summed E-state index contributed by atoms with van der Waals surface area (Å²) in [7, 11) is 0. The Kier molecular flexibility index (Phi) is 21.1. The molecule has 0 heterocycles. The SMILES string of the molecule is C.C.CCC[N+](CC)(CC)CCNC(=O)C(C)CC.[Cl-]. The van der Waals surface area contributed by atoms with E-state index >= 15 is 0 Å². The number of carbonyl (C=O) groups is 1. The molecule has 0 saturated heterocycles. The van der Waals surface area contributed by atoms with Crippen LogP contribution in [0.2, 0.25) is 0 Å². The molecule has 1 atom stereocenters. The van der Waals surface area contributed by atoms with Gasteiger partial charge in [0.05, 0.1) is 32.7 Å². The van der Waals surface area contributed by atoms with Crippen LogP contribution >= 0.6 is 0 Å². The second kappa shape index (κ2) is 15.1. The van der Waals surface area contributed by atoms with Crippen LogP contribution in [0.15, 0.2) is 0 Å². The van der Waals surface area contributed by atoms with Crippen LogP contribution in [0.25, 0.3) is 0 Å². The third kappa shape index (κ3) is 9.60. The van der Waals surface area contributed by atoms with Crippen LogP contribution in [0.1, 0.15) is 62.3 Å². The van der Waals surface area contributed by atoms with Gasteiger partial charge in [-0.3, -0.25) is 4.79 Å². The zero-order valence-corrected chi connectivity index (χ0v) is 13.5. The Morgan fingerprint density at radius 3 is 1.90 bits per heavy atom. The number of amides is 1. The fourth-order valence-corrected chi connectivity index (χ4v) is 2.22. The lowest BCUT2D eigenvalue weighted by molar-refractivity contribution is -0.923. The predicted octanol–water partition coefficient (Wildman–Crippen LogP) is 0.692. The number of carbonyl (C=O) groups excluding carboxylic acids is 1. The standard InChI is InChI=1S/C14H30N2O.2CH4.ClH/c1-6-11-16(8-3,9-4)12-10-15-14(17)13(5)7-2;;;/h13H,6-12H2,1-5H3;2*1H4;1H. The minimum Gasteiger partial charge on any atom is -1.00 e. The number of hydrogen-bond donors (Lipinski definition) is 1. The van der Waals surface area contributed by atoms with Crippen LogP contribution in [0.3, 0.4) is 0 Å². The van der Waals surface area contributed by atoms with Gasteiger partial charge >= 0.3 is 0 Å². The molecule has 0 aliphatic carbocycles. The molecular formula is C16H39ClN2O. The van der Waals surface area contributed by atoms with Crippen LogP contribution in [-0.2, 0) is 4.79 Å². The molecule has 0 fully saturated rings. The van der Waals surface area contributed by atoms with E-state index < -0.39 is 0 Å². The minimum absolute atomic E-state index is 0. The Bertz CT molecular complexity index is 219. The Morgan fingerprint density at radius 1 is 1.05 bits per heavy atom. The summed E-state index contributed by atoms with van der Waals surface area (Å²) in [5.74, 6) is 0.348. The highest BCUT2D eigenvalue weighted by atomic mass is 35.5. The highest BCUT2D eigenvalue weighted by Gasteiger charge is 2.22. The Morgan fingerprint density at radius 2 is 1.55 bits per heavy atom. The number of rotatable bonds is 9. The quantitative estimate of drug-likeness (QED) is 0.624. The van der Waals surface area contributed by atoms with E-state index in [1.54, 1.807) is 0 Å².